The normalized spacial score (nSPS) is 12.8. The van der Waals surface area contributed by atoms with Gasteiger partial charge in [0.2, 0.25) is 11.8 Å². The summed E-state index contributed by atoms with van der Waals surface area (Å²) in [5, 5.41) is 8.39. The monoisotopic (exact) mass is 744 g/mol. The van der Waals surface area contributed by atoms with Gasteiger partial charge in [-0.15, -0.1) is 0 Å². The van der Waals surface area contributed by atoms with Crippen LogP contribution in [0.15, 0.2) is 72.8 Å². The summed E-state index contributed by atoms with van der Waals surface area (Å²) < 4.78 is 16.1. The Hall–Kier alpha value is -5.47. The van der Waals surface area contributed by atoms with Crippen molar-refractivity contribution >= 4 is 46.8 Å². The van der Waals surface area contributed by atoms with Gasteiger partial charge in [-0.1, -0.05) is 38.1 Å². The summed E-state index contributed by atoms with van der Waals surface area (Å²) in [5.41, 5.74) is 2.91. The molecule has 14 heteroatoms. The van der Waals surface area contributed by atoms with Gasteiger partial charge in [0.1, 0.15) is 18.9 Å². The third-order valence-corrected chi connectivity index (χ3v) is 8.77. The number of urea groups is 1. The smallest absolute Gasteiger partial charge is 0.323 e. The van der Waals surface area contributed by atoms with Gasteiger partial charge in [-0.3, -0.25) is 24.1 Å². The molecule has 14 nitrogen and oxygen atoms in total. The minimum atomic E-state index is -0.483. The Morgan fingerprint density at radius 3 is 2.22 bits per heavy atom. The van der Waals surface area contributed by atoms with Crippen LogP contribution < -0.4 is 20.7 Å². The highest BCUT2D eigenvalue weighted by Gasteiger charge is 2.25. The number of ether oxygens (including phenoxy) is 3. The van der Waals surface area contributed by atoms with Gasteiger partial charge < -0.3 is 40.0 Å². The average Bonchev–Trinajstić information content (AvgIpc) is 3.16. The second kappa shape index (κ2) is 21.3. The van der Waals surface area contributed by atoms with E-state index in [4.69, 9.17) is 14.2 Å². The van der Waals surface area contributed by atoms with Crippen LogP contribution in [0, 0.1) is 12.8 Å². The number of morpholine rings is 1. The van der Waals surface area contributed by atoms with Crippen LogP contribution in [0.2, 0.25) is 0 Å². The third-order valence-electron chi connectivity index (χ3n) is 8.77. The van der Waals surface area contributed by atoms with E-state index >= 15 is 0 Å². The van der Waals surface area contributed by atoms with Crippen molar-refractivity contribution in [3.8, 4) is 5.75 Å². The minimum absolute atomic E-state index is 0.0637. The van der Waals surface area contributed by atoms with E-state index in [0.717, 1.165) is 18.7 Å². The fourth-order valence-corrected chi connectivity index (χ4v) is 5.58. The summed E-state index contributed by atoms with van der Waals surface area (Å²) in [6, 6.07) is 20.2. The van der Waals surface area contributed by atoms with Crippen molar-refractivity contribution < 1.29 is 38.2 Å². The minimum Gasteiger partial charge on any atom is -0.497 e. The van der Waals surface area contributed by atoms with Gasteiger partial charge in [-0.25, -0.2) is 4.79 Å². The molecule has 1 saturated heterocycles. The number of nitrogens with one attached hydrogen (secondary N) is 3. The van der Waals surface area contributed by atoms with Gasteiger partial charge in [0, 0.05) is 55.3 Å². The van der Waals surface area contributed by atoms with E-state index in [-0.39, 0.29) is 45.1 Å². The van der Waals surface area contributed by atoms with Crippen LogP contribution in [-0.2, 0) is 23.9 Å². The molecule has 5 amide bonds. The molecule has 0 atom stereocenters. The quantitative estimate of drug-likeness (QED) is 0.155. The Balaban J connectivity index is 1.38. The molecule has 3 aromatic carbocycles. The number of esters is 1. The molecule has 1 heterocycles. The molecule has 0 saturated carbocycles. The number of hydrogen-bond donors (Lipinski definition) is 3. The van der Waals surface area contributed by atoms with Crippen molar-refractivity contribution in [3.05, 3.63) is 83.9 Å². The van der Waals surface area contributed by atoms with Gasteiger partial charge >= 0.3 is 12.0 Å². The molecule has 1 aliphatic rings. The van der Waals surface area contributed by atoms with Crippen LogP contribution in [-0.4, -0.2) is 117 Å². The van der Waals surface area contributed by atoms with Crippen LogP contribution in [0.3, 0.4) is 0 Å². The number of anilines is 3. The number of amides is 5. The molecule has 0 aliphatic carbocycles. The Morgan fingerprint density at radius 1 is 0.833 bits per heavy atom. The van der Waals surface area contributed by atoms with Crippen molar-refractivity contribution in [2.75, 3.05) is 88.7 Å². The van der Waals surface area contributed by atoms with Crippen LogP contribution in [0.25, 0.3) is 0 Å². The summed E-state index contributed by atoms with van der Waals surface area (Å²) in [6.07, 6.45) is 0.514. The molecular formula is C40H52N6O8. The molecule has 290 valence electrons. The largest absolute Gasteiger partial charge is 0.497 e. The number of para-hydroxylation sites is 1. The molecule has 0 bridgehead atoms. The first-order valence-electron chi connectivity index (χ1n) is 18.2. The Labute approximate surface area is 317 Å². The van der Waals surface area contributed by atoms with E-state index in [1.54, 1.807) is 48.5 Å². The number of rotatable bonds is 18. The van der Waals surface area contributed by atoms with Gasteiger partial charge in [0.15, 0.2) is 0 Å². The second-order valence-corrected chi connectivity index (χ2v) is 13.4. The van der Waals surface area contributed by atoms with Crippen LogP contribution in [0.5, 0.6) is 5.75 Å². The maximum Gasteiger partial charge on any atom is 0.323 e. The molecule has 3 aromatic rings. The van der Waals surface area contributed by atoms with Crippen LogP contribution >= 0.6 is 0 Å². The van der Waals surface area contributed by atoms with Gasteiger partial charge in [-0.2, -0.15) is 0 Å². The number of carbonyl (C=O) groups is 5. The Kier molecular flexibility index (Phi) is 16.3. The number of benzene rings is 3. The lowest BCUT2D eigenvalue weighted by molar-refractivity contribution is -0.145. The predicted octanol–water partition coefficient (Wildman–Crippen LogP) is 4.87. The maximum absolute atomic E-state index is 13.9. The molecule has 0 spiro atoms. The van der Waals surface area contributed by atoms with E-state index in [0.29, 0.717) is 54.6 Å². The fourth-order valence-electron chi connectivity index (χ4n) is 5.58. The molecule has 1 aliphatic heterocycles. The number of aryl methyl sites for hydroxylation is 1. The fraction of sp³-hybridized carbons (Fsp3) is 0.425. The van der Waals surface area contributed by atoms with E-state index in [2.05, 4.69) is 20.9 Å². The highest BCUT2D eigenvalue weighted by atomic mass is 16.5. The lowest BCUT2D eigenvalue weighted by Gasteiger charge is -2.28. The van der Waals surface area contributed by atoms with Crippen molar-refractivity contribution in [1.29, 1.82) is 0 Å². The summed E-state index contributed by atoms with van der Waals surface area (Å²) in [6.45, 7) is 9.16. The molecule has 54 heavy (non-hydrogen) atoms. The van der Waals surface area contributed by atoms with Gasteiger partial charge in [-0.05, 0) is 73.4 Å². The molecule has 0 radical (unpaired) electrons. The highest BCUT2D eigenvalue weighted by molar-refractivity contribution is 6.01. The zero-order chi connectivity index (χ0) is 38.9. The predicted molar refractivity (Wildman–Crippen MR) is 207 cm³/mol. The molecule has 0 aromatic heterocycles. The van der Waals surface area contributed by atoms with Gasteiger partial charge in [0.25, 0.3) is 5.91 Å². The van der Waals surface area contributed by atoms with Gasteiger partial charge in [0.05, 0.1) is 33.3 Å². The third kappa shape index (κ3) is 13.8. The van der Waals surface area contributed by atoms with E-state index in [1.165, 1.54) is 16.9 Å². The lowest BCUT2D eigenvalue weighted by atomic mass is 10.1. The van der Waals surface area contributed by atoms with Crippen molar-refractivity contribution in [3.63, 3.8) is 0 Å². The number of nitrogens with zero attached hydrogens (tertiary/aromatic N) is 3. The molecule has 4 rings (SSSR count). The average molecular weight is 745 g/mol. The van der Waals surface area contributed by atoms with Crippen molar-refractivity contribution in [2.45, 2.75) is 33.6 Å². The zero-order valence-corrected chi connectivity index (χ0v) is 31.6. The summed E-state index contributed by atoms with van der Waals surface area (Å²) >= 11 is 0. The van der Waals surface area contributed by atoms with E-state index < -0.39 is 29.7 Å². The SMILES string of the molecule is COc1cccc(C(=O)N(CCC(=O)OCCN2CCOCC2)CC(=O)N(CCC(C)C)CC(=O)Nc2ccc(NC(=O)Nc3ccccc3C)cc2)c1. The zero-order valence-electron chi connectivity index (χ0n) is 31.6. The highest BCUT2D eigenvalue weighted by Crippen LogP contribution is 2.18. The summed E-state index contributed by atoms with van der Waals surface area (Å²) in [7, 11) is 1.49. The molecule has 1 fully saturated rings. The van der Waals surface area contributed by atoms with Crippen LogP contribution in [0.1, 0.15) is 42.6 Å². The summed E-state index contributed by atoms with van der Waals surface area (Å²) in [5.74, 6) is -1.10. The Morgan fingerprint density at radius 2 is 1.54 bits per heavy atom. The molecule has 0 unspecified atom stereocenters. The molecular weight excluding hydrogens is 692 g/mol. The number of methoxy groups -OCH3 is 1. The Bertz CT molecular complexity index is 1710. The van der Waals surface area contributed by atoms with Crippen molar-refractivity contribution in [1.82, 2.24) is 14.7 Å². The maximum atomic E-state index is 13.9. The number of carbonyl (C=O) groups excluding carboxylic acids is 5. The summed E-state index contributed by atoms with van der Waals surface area (Å²) in [4.78, 5) is 71.0. The standard InChI is InChI=1S/C40H52N6O8/c1-29(2)16-18-45(27-36(47)41-32-12-14-33(15-13-32)42-40(51)43-35-11-6-5-8-30(35)3)37(48)28-46(39(50)31-9-7-10-34(26-31)52-4)19-17-38(49)54-25-22-44-20-23-53-24-21-44/h5-15,26,29H,16-25,27-28H2,1-4H3,(H,41,47)(H2,42,43,51). The first-order chi connectivity index (χ1) is 26.0. The second-order valence-electron chi connectivity index (χ2n) is 13.4. The lowest BCUT2D eigenvalue weighted by Crippen LogP contribution is -2.46. The van der Waals surface area contributed by atoms with E-state index in [1.807, 2.05) is 45.0 Å². The first-order valence-corrected chi connectivity index (χ1v) is 18.2. The van der Waals surface area contributed by atoms with E-state index in [9.17, 15) is 24.0 Å². The van der Waals surface area contributed by atoms with Crippen molar-refractivity contribution in [2.24, 2.45) is 5.92 Å². The topological polar surface area (TPSA) is 159 Å². The van der Waals surface area contributed by atoms with Crippen LogP contribution in [0.4, 0.5) is 21.9 Å². The molecule has 3 N–H and O–H groups in total. The number of hydrogen-bond acceptors (Lipinski definition) is 9. The first kappa shape index (κ1) is 41.3.